The molecule has 2 fully saturated rings. The molecule has 0 N–H and O–H groups in total. The molecule has 1 aromatic carbocycles. The number of piperazine rings is 1. The molecule has 3 heterocycles. The molecule has 1 aromatic heterocycles. The molecule has 1 amide bonds. The van der Waals surface area contributed by atoms with Crippen LogP contribution in [0.4, 0.5) is 15.1 Å². The van der Waals surface area contributed by atoms with E-state index in [1.54, 1.807) is 4.90 Å². The summed E-state index contributed by atoms with van der Waals surface area (Å²) in [4.78, 5) is 27.4. The van der Waals surface area contributed by atoms with Crippen LogP contribution >= 0.6 is 0 Å². The fourth-order valence-corrected chi connectivity index (χ4v) is 4.20. The third kappa shape index (κ3) is 5.32. The van der Waals surface area contributed by atoms with E-state index in [0.717, 1.165) is 38.0 Å². The highest BCUT2D eigenvalue weighted by molar-refractivity contribution is 5.68. The van der Waals surface area contributed by atoms with Crippen molar-refractivity contribution < 1.29 is 13.9 Å². The molecule has 8 nitrogen and oxygen atoms in total. The fraction of sp³-hybridized carbons (Fsp3) is 0.478. The van der Waals surface area contributed by atoms with Crippen LogP contribution in [-0.2, 0) is 11.3 Å². The van der Waals surface area contributed by atoms with Gasteiger partial charge in [-0.3, -0.25) is 4.90 Å². The Labute approximate surface area is 187 Å². The van der Waals surface area contributed by atoms with Crippen molar-refractivity contribution in [2.45, 2.75) is 38.5 Å². The van der Waals surface area contributed by atoms with Crippen molar-refractivity contribution in [1.29, 1.82) is 5.26 Å². The summed E-state index contributed by atoms with van der Waals surface area (Å²) in [5, 5.41) is 8.88. The Morgan fingerprint density at radius 3 is 2.47 bits per heavy atom. The summed E-state index contributed by atoms with van der Waals surface area (Å²) in [5.41, 5.74) is 1.51. The van der Waals surface area contributed by atoms with Gasteiger partial charge in [-0.05, 0) is 37.5 Å². The maximum Gasteiger partial charge on any atom is 0.410 e. The number of hydrogen-bond acceptors (Lipinski definition) is 7. The van der Waals surface area contributed by atoms with Crippen LogP contribution in [0.15, 0.2) is 36.7 Å². The number of piperidine rings is 1. The number of carbonyl (C=O) groups excluding carboxylic acids is 1. The number of nitrogens with zero attached hydrogens (tertiary/aromatic N) is 6. The van der Waals surface area contributed by atoms with Gasteiger partial charge in [0.05, 0.1) is 18.0 Å². The van der Waals surface area contributed by atoms with Crippen LogP contribution in [0.1, 0.15) is 30.9 Å². The van der Waals surface area contributed by atoms with E-state index < -0.39 is 0 Å². The van der Waals surface area contributed by atoms with Crippen molar-refractivity contribution in [3.8, 4) is 6.07 Å². The van der Waals surface area contributed by atoms with Crippen molar-refractivity contribution in [2.75, 3.05) is 37.6 Å². The minimum atomic E-state index is -0.269. The van der Waals surface area contributed by atoms with E-state index >= 15 is 0 Å². The van der Waals surface area contributed by atoms with Gasteiger partial charge in [-0.25, -0.2) is 19.2 Å². The minimum Gasteiger partial charge on any atom is -0.446 e. The Bertz CT molecular complexity index is 954. The number of nitriles is 1. The molecular weight excluding hydrogens is 411 g/mol. The zero-order valence-electron chi connectivity index (χ0n) is 18.2. The summed E-state index contributed by atoms with van der Waals surface area (Å²) in [7, 11) is 0. The molecule has 2 saturated heterocycles. The molecule has 2 aromatic rings. The van der Waals surface area contributed by atoms with E-state index in [9.17, 15) is 9.18 Å². The number of halogens is 1. The van der Waals surface area contributed by atoms with Gasteiger partial charge in [0.15, 0.2) is 0 Å². The molecule has 1 atom stereocenters. The van der Waals surface area contributed by atoms with E-state index in [1.165, 1.54) is 24.5 Å². The van der Waals surface area contributed by atoms with Gasteiger partial charge in [0, 0.05) is 45.3 Å². The second-order valence-corrected chi connectivity index (χ2v) is 8.36. The molecule has 0 radical (unpaired) electrons. The van der Waals surface area contributed by atoms with E-state index in [-0.39, 0.29) is 24.1 Å². The number of benzene rings is 1. The third-order valence-corrected chi connectivity index (χ3v) is 6.03. The van der Waals surface area contributed by atoms with E-state index in [4.69, 9.17) is 10.00 Å². The van der Waals surface area contributed by atoms with Gasteiger partial charge >= 0.3 is 6.09 Å². The molecule has 0 spiro atoms. The van der Waals surface area contributed by atoms with Gasteiger partial charge in [0.1, 0.15) is 18.0 Å². The molecule has 0 aliphatic carbocycles. The van der Waals surface area contributed by atoms with Crippen molar-refractivity contribution in [2.24, 2.45) is 0 Å². The Hall–Kier alpha value is -3.25. The summed E-state index contributed by atoms with van der Waals surface area (Å²) < 4.78 is 18.9. The lowest BCUT2D eigenvalue weighted by Gasteiger charge is -2.40. The van der Waals surface area contributed by atoms with Gasteiger partial charge in [0.25, 0.3) is 0 Å². The van der Waals surface area contributed by atoms with Crippen LogP contribution in [0.5, 0.6) is 0 Å². The maximum absolute atomic E-state index is 13.1. The normalized spacial score (nSPS) is 20.1. The third-order valence-electron chi connectivity index (χ3n) is 6.03. The van der Waals surface area contributed by atoms with Crippen LogP contribution in [0, 0.1) is 17.1 Å². The monoisotopic (exact) mass is 438 g/mol. The first kappa shape index (κ1) is 22.0. The number of anilines is 1. The zero-order chi connectivity index (χ0) is 22.5. The molecule has 0 saturated carbocycles. The smallest absolute Gasteiger partial charge is 0.410 e. The number of hydrogen-bond donors (Lipinski definition) is 0. The predicted octanol–water partition coefficient (Wildman–Crippen LogP) is 2.80. The van der Waals surface area contributed by atoms with E-state index in [1.807, 2.05) is 30.0 Å². The Morgan fingerprint density at radius 2 is 1.84 bits per heavy atom. The standard InChI is InChI=1S/C23H27FN6O2/c1-17-15-29(22-26-13-19(12-25)14-27-22)10-11-30(17)23(31)32-21-6-8-28(9-7-21)16-18-2-4-20(24)5-3-18/h2-5,13-14,17,21H,6-11,15-16H2,1H3/t17-/m1/s1. The van der Waals surface area contributed by atoms with Gasteiger partial charge in [0.2, 0.25) is 5.95 Å². The summed E-state index contributed by atoms with van der Waals surface area (Å²) in [5.74, 6) is 0.344. The zero-order valence-corrected chi connectivity index (χ0v) is 18.2. The van der Waals surface area contributed by atoms with Crippen LogP contribution in [0.2, 0.25) is 0 Å². The first-order valence-electron chi connectivity index (χ1n) is 10.9. The Morgan fingerprint density at radius 1 is 1.16 bits per heavy atom. The average Bonchev–Trinajstić information content (AvgIpc) is 2.81. The lowest BCUT2D eigenvalue weighted by atomic mass is 10.1. The summed E-state index contributed by atoms with van der Waals surface area (Å²) >= 11 is 0. The van der Waals surface area contributed by atoms with Crippen molar-refractivity contribution in [3.63, 3.8) is 0 Å². The quantitative estimate of drug-likeness (QED) is 0.726. The van der Waals surface area contributed by atoms with Crippen molar-refractivity contribution >= 4 is 12.0 Å². The molecule has 2 aliphatic rings. The van der Waals surface area contributed by atoms with Crippen LogP contribution in [0.25, 0.3) is 0 Å². The summed E-state index contributed by atoms with van der Waals surface area (Å²) in [6.07, 6.45) is 4.25. The van der Waals surface area contributed by atoms with Gasteiger partial charge in [-0.1, -0.05) is 12.1 Å². The largest absolute Gasteiger partial charge is 0.446 e. The Balaban J connectivity index is 1.23. The Kier molecular flexibility index (Phi) is 6.81. The van der Waals surface area contributed by atoms with Gasteiger partial charge < -0.3 is 14.5 Å². The summed E-state index contributed by atoms with van der Waals surface area (Å²) in [6, 6.07) is 8.57. The van der Waals surface area contributed by atoms with E-state index in [0.29, 0.717) is 31.1 Å². The van der Waals surface area contributed by atoms with Gasteiger partial charge in [-0.2, -0.15) is 5.26 Å². The number of amides is 1. The predicted molar refractivity (Wildman–Crippen MR) is 116 cm³/mol. The highest BCUT2D eigenvalue weighted by Gasteiger charge is 2.32. The minimum absolute atomic E-state index is 0.0333. The van der Waals surface area contributed by atoms with Crippen LogP contribution in [0.3, 0.4) is 0 Å². The van der Waals surface area contributed by atoms with Crippen LogP contribution in [-0.4, -0.2) is 70.7 Å². The number of likely N-dealkylation sites (tertiary alicyclic amines) is 1. The van der Waals surface area contributed by atoms with Crippen LogP contribution < -0.4 is 4.90 Å². The molecule has 0 bridgehead atoms. The second-order valence-electron chi connectivity index (χ2n) is 8.36. The van der Waals surface area contributed by atoms with E-state index in [2.05, 4.69) is 14.9 Å². The highest BCUT2D eigenvalue weighted by atomic mass is 19.1. The van der Waals surface area contributed by atoms with Crippen molar-refractivity contribution in [3.05, 3.63) is 53.6 Å². The molecular formula is C23H27FN6O2. The SMILES string of the molecule is C[C@@H]1CN(c2ncc(C#N)cn2)CCN1C(=O)OC1CCN(Cc2ccc(F)cc2)CC1. The first-order valence-corrected chi connectivity index (χ1v) is 10.9. The molecule has 2 aliphatic heterocycles. The molecule has 4 rings (SSSR count). The first-order chi connectivity index (χ1) is 15.5. The molecule has 0 unspecified atom stereocenters. The lowest BCUT2D eigenvalue weighted by Crippen LogP contribution is -2.55. The molecule has 9 heteroatoms. The topological polar surface area (TPSA) is 85.6 Å². The number of rotatable bonds is 4. The average molecular weight is 439 g/mol. The second kappa shape index (κ2) is 9.92. The maximum atomic E-state index is 13.1. The molecule has 168 valence electrons. The fourth-order valence-electron chi connectivity index (χ4n) is 4.20. The molecule has 32 heavy (non-hydrogen) atoms. The number of carbonyl (C=O) groups is 1. The number of aromatic nitrogens is 2. The van der Waals surface area contributed by atoms with Gasteiger partial charge in [-0.15, -0.1) is 0 Å². The van der Waals surface area contributed by atoms with Crippen molar-refractivity contribution in [1.82, 2.24) is 19.8 Å². The highest BCUT2D eigenvalue weighted by Crippen LogP contribution is 2.20. The summed E-state index contributed by atoms with van der Waals surface area (Å²) in [6.45, 7) is 6.20. The lowest BCUT2D eigenvalue weighted by molar-refractivity contribution is 0.0191. The number of ether oxygens (including phenoxy) is 1.